The van der Waals surface area contributed by atoms with Gasteiger partial charge in [-0.3, -0.25) is 0 Å². The predicted molar refractivity (Wildman–Crippen MR) is 67.5 cm³/mol. The minimum Gasteiger partial charge on any atom is -0.493 e. The summed E-state index contributed by atoms with van der Waals surface area (Å²) in [5, 5.41) is 11.5. The van der Waals surface area contributed by atoms with Gasteiger partial charge in [0.1, 0.15) is 6.61 Å². The molecule has 0 aliphatic carbocycles. The predicted octanol–water partition coefficient (Wildman–Crippen LogP) is 1.20. The summed E-state index contributed by atoms with van der Waals surface area (Å²) in [6.07, 6.45) is -0.0153. The molecular formula is C12H18N2O4. The Morgan fingerprint density at radius 2 is 2.11 bits per heavy atom. The van der Waals surface area contributed by atoms with Gasteiger partial charge in [-0.2, -0.15) is 0 Å². The van der Waals surface area contributed by atoms with Crippen molar-refractivity contribution in [3.63, 3.8) is 0 Å². The number of oxime groups is 1. The Labute approximate surface area is 106 Å². The van der Waals surface area contributed by atoms with Gasteiger partial charge >= 0.3 is 0 Å². The fourth-order valence-corrected chi connectivity index (χ4v) is 1.28. The maximum Gasteiger partial charge on any atom is 0.170 e. The lowest BCUT2D eigenvalue weighted by molar-refractivity contribution is 0.0706. The number of hydrogen-bond donors (Lipinski definition) is 2. The molecule has 1 rings (SSSR count). The third-order valence-corrected chi connectivity index (χ3v) is 2.44. The van der Waals surface area contributed by atoms with Crippen LogP contribution in [0.15, 0.2) is 23.4 Å². The Morgan fingerprint density at radius 1 is 1.39 bits per heavy atom. The van der Waals surface area contributed by atoms with Crippen molar-refractivity contribution in [2.75, 3.05) is 20.8 Å². The molecule has 0 bridgehead atoms. The number of nitrogens with two attached hydrogens (primary N) is 1. The second-order valence-electron chi connectivity index (χ2n) is 3.71. The first-order valence-electron chi connectivity index (χ1n) is 5.44. The zero-order chi connectivity index (χ0) is 13.5. The number of hydrogen-bond acceptors (Lipinski definition) is 5. The van der Waals surface area contributed by atoms with E-state index in [1.807, 2.05) is 6.92 Å². The van der Waals surface area contributed by atoms with Crippen molar-refractivity contribution in [1.29, 1.82) is 0 Å². The van der Waals surface area contributed by atoms with Crippen LogP contribution < -0.4 is 15.2 Å². The van der Waals surface area contributed by atoms with Crippen molar-refractivity contribution in [2.45, 2.75) is 13.0 Å². The third kappa shape index (κ3) is 3.53. The van der Waals surface area contributed by atoms with Gasteiger partial charge in [0, 0.05) is 12.7 Å². The zero-order valence-corrected chi connectivity index (χ0v) is 10.7. The number of benzene rings is 1. The van der Waals surface area contributed by atoms with E-state index >= 15 is 0 Å². The summed E-state index contributed by atoms with van der Waals surface area (Å²) in [4.78, 5) is 0. The Morgan fingerprint density at radius 3 is 2.67 bits per heavy atom. The maximum atomic E-state index is 8.60. The zero-order valence-electron chi connectivity index (χ0n) is 10.7. The van der Waals surface area contributed by atoms with Crippen molar-refractivity contribution in [1.82, 2.24) is 0 Å². The topological polar surface area (TPSA) is 86.3 Å². The van der Waals surface area contributed by atoms with Gasteiger partial charge in [0.25, 0.3) is 0 Å². The molecule has 0 aromatic heterocycles. The van der Waals surface area contributed by atoms with E-state index in [9.17, 15) is 0 Å². The normalized spacial score (nSPS) is 13.2. The average molecular weight is 254 g/mol. The molecule has 0 saturated carbocycles. The van der Waals surface area contributed by atoms with Crippen molar-refractivity contribution >= 4 is 5.84 Å². The molecule has 0 amide bonds. The van der Waals surface area contributed by atoms with E-state index in [1.165, 1.54) is 7.11 Å². The Bertz CT molecular complexity index is 421. The van der Waals surface area contributed by atoms with Crippen molar-refractivity contribution in [3.05, 3.63) is 23.8 Å². The molecule has 0 fully saturated rings. The van der Waals surface area contributed by atoms with E-state index in [2.05, 4.69) is 5.16 Å². The van der Waals surface area contributed by atoms with Crippen molar-refractivity contribution in [2.24, 2.45) is 10.9 Å². The van der Waals surface area contributed by atoms with Crippen LogP contribution in [0.25, 0.3) is 0 Å². The number of methoxy groups -OCH3 is 2. The van der Waals surface area contributed by atoms with Gasteiger partial charge in [-0.25, -0.2) is 0 Å². The van der Waals surface area contributed by atoms with Crippen LogP contribution in [0.3, 0.4) is 0 Å². The smallest absolute Gasteiger partial charge is 0.170 e. The summed E-state index contributed by atoms with van der Waals surface area (Å²) in [7, 11) is 3.14. The molecule has 6 nitrogen and oxygen atoms in total. The van der Waals surface area contributed by atoms with Gasteiger partial charge in [-0.15, -0.1) is 0 Å². The third-order valence-electron chi connectivity index (χ3n) is 2.44. The van der Waals surface area contributed by atoms with E-state index in [1.54, 1.807) is 25.3 Å². The molecule has 1 atom stereocenters. The van der Waals surface area contributed by atoms with Gasteiger partial charge in [0.05, 0.1) is 13.2 Å². The highest BCUT2D eigenvalue weighted by atomic mass is 16.5. The molecule has 18 heavy (non-hydrogen) atoms. The molecule has 0 radical (unpaired) electrons. The van der Waals surface area contributed by atoms with E-state index in [0.29, 0.717) is 23.7 Å². The fraction of sp³-hybridized carbons (Fsp3) is 0.417. The standard InChI is InChI=1S/C12H18N2O4/c1-8(16-2)7-18-10-5-4-9(12(13)14-15)6-11(10)17-3/h4-6,8,15H,7H2,1-3H3,(H2,13,14). The lowest BCUT2D eigenvalue weighted by atomic mass is 10.2. The maximum absolute atomic E-state index is 8.60. The summed E-state index contributed by atoms with van der Waals surface area (Å²) in [6, 6.07) is 5.03. The van der Waals surface area contributed by atoms with E-state index in [-0.39, 0.29) is 11.9 Å². The summed E-state index contributed by atoms with van der Waals surface area (Å²) >= 11 is 0. The van der Waals surface area contributed by atoms with E-state index in [4.69, 9.17) is 25.2 Å². The molecule has 1 unspecified atom stereocenters. The molecule has 0 aliphatic rings. The van der Waals surface area contributed by atoms with Crippen LogP contribution in [0.2, 0.25) is 0 Å². The monoisotopic (exact) mass is 254 g/mol. The van der Waals surface area contributed by atoms with Crippen LogP contribution in [0.5, 0.6) is 11.5 Å². The molecule has 3 N–H and O–H groups in total. The minimum atomic E-state index is -0.0153. The number of rotatable bonds is 6. The second kappa shape index (κ2) is 6.70. The number of amidine groups is 1. The minimum absolute atomic E-state index is 0.0153. The van der Waals surface area contributed by atoms with Gasteiger partial charge in [-0.1, -0.05) is 5.16 Å². The van der Waals surface area contributed by atoms with Crippen LogP contribution in [-0.4, -0.2) is 38.0 Å². The van der Waals surface area contributed by atoms with Gasteiger partial charge < -0.3 is 25.2 Å². The molecule has 6 heteroatoms. The van der Waals surface area contributed by atoms with Crippen LogP contribution in [0.1, 0.15) is 12.5 Å². The van der Waals surface area contributed by atoms with Crippen molar-refractivity contribution < 1.29 is 19.4 Å². The van der Waals surface area contributed by atoms with Crippen LogP contribution in [-0.2, 0) is 4.74 Å². The highest BCUT2D eigenvalue weighted by Gasteiger charge is 2.09. The van der Waals surface area contributed by atoms with E-state index in [0.717, 1.165) is 0 Å². The molecule has 0 heterocycles. The molecule has 1 aromatic rings. The molecule has 0 spiro atoms. The second-order valence-corrected chi connectivity index (χ2v) is 3.71. The summed E-state index contributed by atoms with van der Waals surface area (Å²) in [6.45, 7) is 2.31. The highest BCUT2D eigenvalue weighted by molar-refractivity contribution is 5.97. The van der Waals surface area contributed by atoms with Gasteiger partial charge in [0.2, 0.25) is 0 Å². The largest absolute Gasteiger partial charge is 0.493 e. The summed E-state index contributed by atoms with van der Waals surface area (Å²) in [5.41, 5.74) is 6.05. The molecule has 0 saturated heterocycles. The molecule has 1 aromatic carbocycles. The number of ether oxygens (including phenoxy) is 3. The van der Waals surface area contributed by atoms with Crippen LogP contribution >= 0.6 is 0 Å². The van der Waals surface area contributed by atoms with Crippen molar-refractivity contribution in [3.8, 4) is 11.5 Å². The van der Waals surface area contributed by atoms with Gasteiger partial charge in [-0.05, 0) is 25.1 Å². The van der Waals surface area contributed by atoms with Gasteiger partial charge in [0.15, 0.2) is 17.3 Å². The molecular weight excluding hydrogens is 236 g/mol. The Balaban J connectivity index is 2.87. The number of nitrogens with zero attached hydrogens (tertiary/aromatic N) is 1. The SMILES string of the molecule is COc1cc(/C(N)=N/O)ccc1OCC(C)OC. The summed E-state index contributed by atoms with van der Waals surface area (Å²) in [5.74, 6) is 1.11. The Kier molecular flexibility index (Phi) is 5.26. The first-order valence-corrected chi connectivity index (χ1v) is 5.44. The lowest BCUT2D eigenvalue weighted by Gasteiger charge is -2.14. The Hall–Kier alpha value is -1.95. The quantitative estimate of drug-likeness (QED) is 0.345. The summed E-state index contributed by atoms with van der Waals surface area (Å²) < 4.78 is 15.8. The first-order chi connectivity index (χ1) is 8.62. The van der Waals surface area contributed by atoms with Crippen LogP contribution in [0.4, 0.5) is 0 Å². The fourth-order valence-electron chi connectivity index (χ4n) is 1.28. The first kappa shape index (κ1) is 14.1. The van der Waals surface area contributed by atoms with E-state index < -0.39 is 0 Å². The lowest BCUT2D eigenvalue weighted by Crippen LogP contribution is -2.17. The highest BCUT2D eigenvalue weighted by Crippen LogP contribution is 2.28. The molecule has 0 aliphatic heterocycles. The molecule has 100 valence electrons. The average Bonchev–Trinajstić information content (AvgIpc) is 2.43. The van der Waals surface area contributed by atoms with Crippen LogP contribution in [0, 0.1) is 0 Å².